The van der Waals surface area contributed by atoms with Gasteiger partial charge in [-0.05, 0) is 53.0 Å². The fraction of sp³-hybridized carbons (Fsp3) is 0.312. The van der Waals surface area contributed by atoms with Gasteiger partial charge in [0.1, 0.15) is 5.65 Å². The monoisotopic (exact) mass is 345 g/mol. The van der Waals surface area contributed by atoms with Crippen LogP contribution in [0.15, 0.2) is 41.0 Å². The topological polar surface area (TPSA) is 38.6 Å². The molecule has 4 rings (SSSR count). The molecule has 0 atom stereocenters. The molecule has 1 fully saturated rings. The zero-order valence-electron chi connectivity index (χ0n) is 11.6. The van der Waals surface area contributed by atoms with Crippen molar-refractivity contribution in [3.63, 3.8) is 0 Å². The lowest BCUT2D eigenvalue weighted by molar-refractivity contribution is 0.0905. The van der Waals surface area contributed by atoms with E-state index >= 15 is 0 Å². The maximum Gasteiger partial charge on any atom is 0.138 e. The summed E-state index contributed by atoms with van der Waals surface area (Å²) in [7, 11) is 0. The number of nitrogens with zero attached hydrogens (tertiary/aromatic N) is 2. The molecule has 1 aliphatic heterocycles. The van der Waals surface area contributed by atoms with Crippen LogP contribution in [-0.2, 0) is 4.74 Å². The van der Waals surface area contributed by atoms with Crippen molar-refractivity contribution in [2.45, 2.75) is 18.9 Å². The van der Waals surface area contributed by atoms with E-state index in [1.807, 2.05) is 12.1 Å². The number of benzene rings is 1. The summed E-state index contributed by atoms with van der Waals surface area (Å²) in [5.41, 5.74) is 4.27. The van der Waals surface area contributed by atoms with Gasteiger partial charge in [-0.25, -0.2) is 4.98 Å². The molecule has 0 bridgehead atoms. The van der Waals surface area contributed by atoms with Gasteiger partial charge in [-0.2, -0.15) is 0 Å². The highest BCUT2D eigenvalue weighted by molar-refractivity contribution is 9.10. The molecule has 2 aromatic heterocycles. The summed E-state index contributed by atoms with van der Waals surface area (Å²) < 4.78 is 8.62. The fourth-order valence-corrected chi connectivity index (χ4v) is 3.25. The molecule has 1 aromatic carbocycles. The van der Waals surface area contributed by atoms with Gasteiger partial charge in [0.2, 0.25) is 0 Å². The summed E-state index contributed by atoms with van der Waals surface area (Å²) in [4.78, 5) is 4.69. The van der Waals surface area contributed by atoms with Crippen LogP contribution in [0.25, 0.3) is 16.7 Å². The Balaban J connectivity index is 1.83. The molecular formula is C16H16BrN3O. The van der Waals surface area contributed by atoms with E-state index in [0.29, 0.717) is 6.04 Å². The number of halogens is 1. The van der Waals surface area contributed by atoms with Gasteiger partial charge < -0.3 is 10.1 Å². The van der Waals surface area contributed by atoms with Gasteiger partial charge in [0.25, 0.3) is 0 Å². The van der Waals surface area contributed by atoms with Crippen LogP contribution < -0.4 is 5.32 Å². The van der Waals surface area contributed by atoms with Crippen molar-refractivity contribution < 1.29 is 4.74 Å². The quantitative estimate of drug-likeness (QED) is 0.766. The van der Waals surface area contributed by atoms with Crippen LogP contribution in [0.1, 0.15) is 12.8 Å². The smallest absolute Gasteiger partial charge is 0.138 e. The normalized spacial score (nSPS) is 16.6. The molecule has 21 heavy (non-hydrogen) atoms. The van der Waals surface area contributed by atoms with Crippen LogP contribution in [0.3, 0.4) is 0 Å². The Morgan fingerprint density at radius 3 is 2.90 bits per heavy atom. The predicted octanol–water partition coefficient (Wildman–Crippen LogP) is 3.84. The van der Waals surface area contributed by atoms with Crippen molar-refractivity contribution in [2.75, 3.05) is 18.5 Å². The number of fused-ring (bicyclic) bond motifs is 3. The summed E-state index contributed by atoms with van der Waals surface area (Å²) >= 11 is 3.54. The molecule has 0 radical (unpaired) electrons. The highest BCUT2D eigenvalue weighted by Crippen LogP contribution is 2.27. The Morgan fingerprint density at radius 2 is 2.05 bits per heavy atom. The highest BCUT2D eigenvalue weighted by atomic mass is 79.9. The minimum atomic E-state index is 0.474. The molecule has 1 aliphatic rings. The molecule has 0 aliphatic carbocycles. The number of rotatable bonds is 2. The Bertz CT molecular complexity index is 793. The van der Waals surface area contributed by atoms with E-state index in [4.69, 9.17) is 4.74 Å². The average molecular weight is 346 g/mol. The largest absolute Gasteiger partial charge is 0.381 e. The molecule has 5 heteroatoms. The first-order valence-corrected chi connectivity index (χ1v) is 8.01. The number of para-hydroxylation sites is 1. The minimum Gasteiger partial charge on any atom is -0.381 e. The second-order valence-electron chi connectivity index (χ2n) is 5.39. The summed E-state index contributed by atoms with van der Waals surface area (Å²) in [6.07, 6.45) is 4.17. The van der Waals surface area contributed by atoms with E-state index in [0.717, 1.165) is 52.9 Å². The van der Waals surface area contributed by atoms with Gasteiger partial charge in [0.05, 0.1) is 16.7 Å². The predicted molar refractivity (Wildman–Crippen MR) is 87.9 cm³/mol. The summed E-state index contributed by atoms with van der Waals surface area (Å²) in [6.45, 7) is 1.68. The van der Waals surface area contributed by atoms with Crippen LogP contribution >= 0.6 is 15.9 Å². The number of nitrogens with one attached hydrogen (secondary N) is 1. The van der Waals surface area contributed by atoms with Gasteiger partial charge >= 0.3 is 0 Å². The van der Waals surface area contributed by atoms with E-state index in [1.165, 1.54) is 0 Å². The Kier molecular flexibility index (Phi) is 3.31. The molecule has 4 nitrogen and oxygen atoms in total. The van der Waals surface area contributed by atoms with E-state index in [1.54, 1.807) is 0 Å². The standard InChI is InChI=1S/C16H16BrN3O/c17-11-4-5-15-19-14-3-1-2-13(16(14)20(15)10-11)18-12-6-8-21-9-7-12/h1-5,10,12,18H,6-9H2. The molecule has 0 saturated carbocycles. The average Bonchev–Trinajstić information content (AvgIpc) is 2.87. The van der Waals surface area contributed by atoms with Crippen LogP contribution in [0.5, 0.6) is 0 Å². The van der Waals surface area contributed by atoms with E-state index in [9.17, 15) is 0 Å². The molecule has 0 unspecified atom stereocenters. The number of anilines is 1. The molecular weight excluding hydrogens is 330 g/mol. The summed E-state index contributed by atoms with van der Waals surface area (Å²) in [5, 5.41) is 3.67. The van der Waals surface area contributed by atoms with Crippen molar-refractivity contribution in [3.8, 4) is 0 Å². The first kappa shape index (κ1) is 13.1. The van der Waals surface area contributed by atoms with Gasteiger partial charge in [0, 0.05) is 29.9 Å². The zero-order valence-corrected chi connectivity index (χ0v) is 13.1. The number of pyridine rings is 1. The van der Waals surface area contributed by atoms with Crippen molar-refractivity contribution in [3.05, 3.63) is 41.0 Å². The first-order chi connectivity index (χ1) is 10.3. The van der Waals surface area contributed by atoms with Crippen LogP contribution in [0.2, 0.25) is 0 Å². The minimum absolute atomic E-state index is 0.474. The number of ether oxygens (including phenoxy) is 1. The lowest BCUT2D eigenvalue weighted by Crippen LogP contribution is -2.27. The van der Waals surface area contributed by atoms with E-state index in [-0.39, 0.29) is 0 Å². The SMILES string of the molecule is Brc1ccc2nc3cccc(NC4CCOCC4)c3n2c1. The first-order valence-electron chi connectivity index (χ1n) is 7.22. The van der Waals surface area contributed by atoms with Crippen LogP contribution in [0.4, 0.5) is 5.69 Å². The molecule has 0 amide bonds. The Labute approximate surface area is 131 Å². The fourth-order valence-electron chi connectivity index (χ4n) is 2.91. The van der Waals surface area contributed by atoms with Crippen LogP contribution in [0, 0.1) is 0 Å². The zero-order chi connectivity index (χ0) is 14.2. The van der Waals surface area contributed by atoms with Crippen molar-refractivity contribution in [1.82, 2.24) is 9.38 Å². The van der Waals surface area contributed by atoms with Crippen molar-refractivity contribution in [2.24, 2.45) is 0 Å². The molecule has 0 spiro atoms. The molecule has 1 N–H and O–H groups in total. The van der Waals surface area contributed by atoms with E-state index in [2.05, 4.69) is 55.0 Å². The number of hydrogen-bond acceptors (Lipinski definition) is 3. The highest BCUT2D eigenvalue weighted by Gasteiger charge is 2.16. The lowest BCUT2D eigenvalue weighted by atomic mass is 10.1. The maximum atomic E-state index is 5.43. The van der Waals surface area contributed by atoms with Crippen LogP contribution in [-0.4, -0.2) is 28.6 Å². The number of imidazole rings is 1. The molecule has 1 saturated heterocycles. The van der Waals surface area contributed by atoms with Gasteiger partial charge in [-0.15, -0.1) is 0 Å². The molecule has 3 heterocycles. The third kappa shape index (κ3) is 2.40. The molecule has 3 aromatic rings. The van der Waals surface area contributed by atoms with Gasteiger partial charge in [-0.3, -0.25) is 4.40 Å². The third-order valence-corrected chi connectivity index (χ3v) is 4.43. The summed E-state index contributed by atoms with van der Waals surface area (Å²) in [6, 6.07) is 10.8. The summed E-state index contributed by atoms with van der Waals surface area (Å²) in [5.74, 6) is 0. The van der Waals surface area contributed by atoms with Gasteiger partial charge in [0.15, 0.2) is 0 Å². The number of hydrogen-bond donors (Lipinski definition) is 1. The third-order valence-electron chi connectivity index (χ3n) is 3.96. The number of aromatic nitrogens is 2. The maximum absolute atomic E-state index is 5.43. The van der Waals surface area contributed by atoms with Gasteiger partial charge in [-0.1, -0.05) is 6.07 Å². The Morgan fingerprint density at radius 1 is 1.19 bits per heavy atom. The lowest BCUT2D eigenvalue weighted by Gasteiger charge is -2.24. The van der Waals surface area contributed by atoms with Crippen molar-refractivity contribution >= 4 is 38.3 Å². The Hall–Kier alpha value is -1.59. The van der Waals surface area contributed by atoms with Crippen molar-refractivity contribution in [1.29, 1.82) is 0 Å². The second-order valence-corrected chi connectivity index (χ2v) is 6.31. The molecule has 108 valence electrons. The second kappa shape index (κ2) is 5.31. The van der Waals surface area contributed by atoms with E-state index < -0.39 is 0 Å².